The third kappa shape index (κ3) is 13.2. The lowest BCUT2D eigenvalue weighted by Crippen LogP contribution is -2.53. The van der Waals surface area contributed by atoms with Gasteiger partial charge in [-0.05, 0) is 373 Å². The highest BCUT2D eigenvalue weighted by Crippen LogP contribution is 2.71. The van der Waals surface area contributed by atoms with Crippen molar-refractivity contribution in [1.29, 1.82) is 10.5 Å². The zero-order valence-corrected chi connectivity index (χ0v) is 66.9. The topological polar surface area (TPSA) is 197 Å². The molecule has 10 nitrogen and oxygen atoms in total. The van der Waals surface area contributed by atoms with E-state index in [0.29, 0.717) is 144 Å². The Hall–Kier alpha value is -6.86. The van der Waals surface area contributed by atoms with Crippen LogP contribution in [0.3, 0.4) is 0 Å². The lowest BCUT2D eigenvalue weighted by Gasteiger charge is -2.56. The first-order valence-corrected chi connectivity index (χ1v) is 43.9. The second-order valence-corrected chi connectivity index (χ2v) is 37.6. The zero-order chi connectivity index (χ0) is 77.2. The Labute approximate surface area is 657 Å². The van der Waals surface area contributed by atoms with E-state index in [-0.39, 0.29) is 21.7 Å². The standard InChI is InChI=1S/2C48H58O4.2C2H3N/c2*1-3-45-23-19-39-37-15-11-35(49)29-33(37)9-13-41(39)43(45)21-27-47(45,51)25-17-31-5-7-32(8-6-31)18-26-48(52)28-22-44-42-14-10-34-30-36(50)12-16-38(34)40(42)20-24-46(44,48)4-2;2*1-2-3/h2*5-8,29-30,37-44,51-52H,3-4,9-16,19-24,27-28H2,1-2H3;2*1H3/t2*37-,38-,39+,40+,41+,42+,43-,44-,45-,46-,47-,48-;;/m00../s1. The van der Waals surface area contributed by atoms with Crippen LogP contribution in [0, 0.1) is 186 Å². The smallest absolute Gasteiger partial charge is 0.155 e. The predicted octanol–water partition coefficient (Wildman–Crippen LogP) is 18.9. The fraction of sp³-hybridized carbons (Fsp3) is 0.660. The number of aliphatic hydroxyl groups is 4. The van der Waals surface area contributed by atoms with E-state index in [0.717, 1.165) is 228 Å². The van der Waals surface area contributed by atoms with E-state index in [4.69, 9.17) is 10.5 Å². The molecule has 10 heteroatoms. The van der Waals surface area contributed by atoms with Crippen molar-refractivity contribution in [3.05, 3.63) is 117 Å². The van der Waals surface area contributed by atoms with Crippen molar-refractivity contribution in [2.75, 3.05) is 0 Å². The molecule has 0 aliphatic heterocycles. The van der Waals surface area contributed by atoms with Crippen LogP contribution in [0.2, 0.25) is 0 Å². The molecule has 0 radical (unpaired) electrons. The van der Waals surface area contributed by atoms with E-state index in [1.165, 1.54) is 36.1 Å². The van der Waals surface area contributed by atoms with Crippen LogP contribution >= 0.6 is 0 Å². The largest absolute Gasteiger partial charge is 0.377 e. The van der Waals surface area contributed by atoms with Gasteiger partial charge in [-0.25, -0.2) is 0 Å². The maximum atomic E-state index is 12.3. The summed E-state index contributed by atoms with van der Waals surface area (Å²) >= 11 is 0. The van der Waals surface area contributed by atoms with Gasteiger partial charge in [0, 0.05) is 83.4 Å². The van der Waals surface area contributed by atoms with Gasteiger partial charge in [0.05, 0.1) is 12.1 Å². The number of fused-ring (bicyclic) bond motifs is 20. The molecule has 4 N–H and O–H groups in total. The van der Waals surface area contributed by atoms with Gasteiger partial charge in [0.15, 0.2) is 23.1 Å². The van der Waals surface area contributed by atoms with Crippen LogP contribution < -0.4 is 0 Å². The first-order valence-electron chi connectivity index (χ1n) is 43.9. The van der Waals surface area contributed by atoms with Crippen molar-refractivity contribution in [2.24, 2.45) is 116 Å². The molecule has 16 aliphatic rings. The average molecular weight is 1480 g/mol. The highest BCUT2D eigenvalue weighted by molar-refractivity contribution is 5.93. The first kappa shape index (κ1) is 78.4. The van der Waals surface area contributed by atoms with Crippen molar-refractivity contribution in [1.82, 2.24) is 0 Å². The van der Waals surface area contributed by atoms with Gasteiger partial charge in [0.25, 0.3) is 0 Å². The Balaban J connectivity index is 0.000000163. The molecule has 2 aromatic carbocycles. The van der Waals surface area contributed by atoms with Crippen molar-refractivity contribution < 1.29 is 39.6 Å². The summed E-state index contributed by atoms with van der Waals surface area (Å²) in [5.74, 6) is 38.1. The van der Waals surface area contributed by atoms with Gasteiger partial charge >= 0.3 is 0 Å². The van der Waals surface area contributed by atoms with Gasteiger partial charge in [0.2, 0.25) is 0 Å². The Bertz CT molecular complexity index is 3870. The van der Waals surface area contributed by atoms with Gasteiger partial charge in [-0.15, -0.1) is 0 Å². The summed E-state index contributed by atoms with van der Waals surface area (Å²) < 4.78 is 0. The van der Waals surface area contributed by atoms with Gasteiger partial charge in [-0.3, -0.25) is 19.2 Å². The van der Waals surface area contributed by atoms with Crippen LogP contribution in [-0.2, 0) is 19.2 Å². The summed E-state index contributed by atoms with van der Waals surface area (Å²) in [4.78, 5) is 48.6. The molecule has 0 saturated heterocycles. The van der Waals surface area contributed by atoms with E-state index in [1.807, 2.05) is 72.8 Å². The number of benzene rings is 2. The first-order chi connectivity index (χ1) is 53.1. The molecule has 0 aromatic heterocycles. The minimum absolute atomic E-state index is 0.159. The Morgan fingerprint density at radius 2 is 0.500 bits per heavy atom. The molecule has 580 valence electrons. The predicted molar refractivity (Wildman–Crippen MR) is 430 cm³/mol. The van der Waals surface area contributed by atoms with Gasteiger partial charge < -0.3 is 20.4 Å². The normalized spacial score (nSPS) is 42.3. The minimum atomic E-state index is -0.977. The molecule has 12 fully saturated rings. The molecule has 0 unspecified atom stereocenters. The number of allylic oxidation sites excluding steroid dienone is 4. The van der Waals surface area contributed by atoms with E-state index < -0.39 is 22.4 Å². The fourth-order valence-corrected chi connectivity index (χ4v) is 29.7. The average Bonchev–Trinajstić information content (AvgIpc) is 1.53. The number of rotatable bonds is 4. The summed E-state index contributed by atoms with van der Waals surface area (Å²) in [6, 6.07) is 19.8. The van der Waals surface area contributed by atoms with Crippen molar-refractivity contribution in [2.45, 2.75) is 295 Å². The highest BCUT2D eigenvalue weighted by atomic mass is 16.3. The molecule has 18 rings (SSSR count). The molecular weight excluding hydrogens is 1360 g/mol. The quantitative estimate of drug-likeness (QED) is 0.214. The number of hydrogen-bond acceptors (Lipinski definition) is 10. The van der Waals surface area contributed by atoms with Crippen molar-refractivity contribution in [3.8, 4) is 59.5 Å². The maximum Gasteiger partial charge on any atom is 0.155 e. The van der Waals surface area contributed by atoms with E-state index in [9.17, 15) is 39.6 Å². The zero-order valence-electron chi connectivity index (χ0n) is 66.9. The third-order valence-electron chi connectivity index (χ3n) is 34.5. The lowest BCUT2D eigenvalue weighted by atomic mass is 9.49. The molecule has 110 heavy (non-hydrogen) atoms. The van der Waals surface area contributed by atoms with Crippen LogP contribution in [-0.4, -0.2) is 66.0 Å². The Kier molecular flexibility index (Phi) is 22.2. The van der Waals surface area contributed by atoms with Crippen LogP contribution in [0.15, 0.2) is 95.1 Å². The number of ketones is 4. The molecule has 2 aromatic rings. The third-order valence-corrected chi connectivity index (χ3v) is 34.5. The Morgan fingerprint density at radius 1 is 0.300 bits per heavy atom. The number of nitriles is 2. The number of carbonyl (C=O) groups is 4. The van der Waals surface area contributed by atoms with Crippen LogP contribution in [0.4, 0.5) is 0 Å². The summed E-state index contributed by atoms with van der Waals surface area (Å²) in [5.41, 5.74) is 4.72. The van der Waals surface area contributed by atoms with Gasteiger partial charge in [-0.1, -0.05) is 97.4 Å². The number of hydrogen-bond donors (Lipinski definition) is 4. The van der Waals surface area contributed by atoms with Gasteiger partial charge in [0.1, 0.15) is 22.4 Å². The van der Waals surface area contributed by atoms with Gasteiger partial charge in [-0.2, -0.15) is 10.5 Å². The maximum absolute atomic E-state index is 12.3. The molecule has 0 spiro atoms. The van der Waals surface area contributed by atoms with Crippen molar-refractivity contribution in [3.63, 3.8) is 0 Å². The number of carbonyl (C=O) groups excluding carboxylic acids is 4. The van der Waals surface area contributed by atoms with Crippen LogP contribution in [0.5, 0.6) is 0 Å². The van der Waals surface area contributed by atoms with Crippen LogP contribution in [0.1, 0.15) is 295 Å². The summed E-state index contributed by atoms with van der Waals surface area (Å²) in [6.07, 6.45) is 43.2. The molecule has 12 saturated carbocycles. The lowest BCUT2D eigenvalue weighted by molar-refractivity contribution is -0.118. The van der Waals surface area contributed by atoms with E-state index in [2.05, 4.69) is 75.1 Å². The summed E-state index contributed by atoms with van der Waals surface area (Å²) in [7, 11) is 0. The van der Waals surface area contributed by atoms with Crippen molar-refractivity contribution >= 4 is 23.1 Å². The second kappa shape index (κ2) is 31.2. The second-order valence-electron chi connectivity index (χ2n) is 37.6. The fourth-order valence-electron chi connectivity index (χ4n) is 29.7. The Morgan fingerprint density at radius 3 is 0.691 bits per heavy atom. The highest BCUT2D eigenvalue weighted by Gasteiger charge is 2.68. The minimum Gasteiger partial charge on any atom is -0.377 e. The summed E-state index contributed by atoms with van der Waals surface area (Å²) in [6.45, 7) is 11.9. The molecule has 24 atom stereocenters. The molecule has 0 amide bonds. The monoisotopic (exact) mass is 1480 g/mol. The SMILES string of the molecule is CC#N.CC#N.CC[C@]12CC[C@H]3[C@@H](CCC4=CC(=O)CC[C@@H]43)[C@@H]1CC[C@@]2(O)C#Cc1ccc(C#C[C@]2(O)CC[C@H]3[C@@H]4CCC5=CC(=O)CC[C@@H]5[C@H]4CC[C@@]32CC)cc1.CC[C@]12CC[C@H]3[C@@H](CCC4=CC(=O)CC[C@@H]43)[C@@H]1CC[C@@]2(O)C#Cc1ccc(C#C[C@]2(O)CC[C@H]3[C@@H]4CCC5=CC(=O)CC[C@@H]5[C@H]4CC[C@@]32CC)cc1. The molecule has 0 heterocycles. The molecule has 16 aliphatic carbocycles. The van der Waals surface area contributed by atoms with Crippen LogP contribution in [0.25, 0.3) is 0 Å². The molecular formula is C100H122N2O8. The van der Waals surface area contributed by atoms with E-state index >= 15 is 0 Å². The number of nitrogens with zero attached hydrogens (tertiary/aromatic N) is 2. The summed E-state index contributed by atoms with van der Waals surface area (Å²) in [5, 5.41) is 64.0. The molecule has 0 bridgehead atoms. The van der Waals surface area contributed by atoms with E-state index in [1.54, 1.807) is 12.1 Å².